The molecule has 1 aromatic heterocycles. The van der Waals surface area contributed by atoms with E-state index in [1.165, 1.54) is 0 Å². The third-order valence-electron chi connectivity index (χ3n) is 1.58. The van der Waals surface area contributed by atoms with Crippen LogP contribution in [0.4, 0.5) is 5.82 Å². The van der Waals surface area contributed by atoms with Gasteiger partial charge in [0.2, 0.25) is 0 Å². The van der Waals surface area contributed by atoms with E-state index in [4.69, 9.17) is 5.11 Å². The predicted octanol–water partition coefficient (Wildman–Crippen LogP) is 0.775. The number of carboxylic acid groups (broad SMARTS) is 1. The molecule has 1 N–H and O–H groups in total. The van der Waals surface area contributed by atoms with Gasteiger partial charge in [-0.15, -0.1) is 0 Å². The van der Waals surface area contributed by atoms with Gasteiger partial charge in [0.1, 0.15) is 5.82 Å². The lowest BCUT2D eigenvalue weighted by atomic mass is 10.3. The van der Waals surface area contributed by atoms with Crippen LogP contribution in [0.2, 0.25) is 0 Å². The number of rotatable bonds is 3. The highest BCUT2D eigenvalue weighted by atomic mass is 16.4. The number of hydrogen-bond donors (Lipinski definition) is 1. The molecule has 0 aromatic carbocycles. The standard InChI is InChI=1S/C9H12N2O2/c1-11(2)8-5-3-4-7(10-8)6-9(12)13/h3-5H,6H2,1-2H3,(H,12,13). The van der Waals surface area contributed by atoms with Crippen molar-refractivity contribution in [1.29, 1.82) is 0 Å². The van der Waals surface area contributed by atoms with Crippen molar-refractivity contribution in [3.05, 3.63) is 23.9 Å². The quantitative estimate of drug-likeness (QED) is 0.746. The normalized spacial score (nSPS) is 9.69. The molecule has 0 bridgehead atoms. The topological polar surface area (TPSA) is 53.4 Å². The van der Waals surface area contributed by atoms with Crippen LogP contribution in [0.25, 0.3) is 0 Å². The smallest absolute Gasteiger partial charge is 0.309 e. The third kappa shape index (κ3) is 2.74. The molecular weight excluding hydrogens is 168 g/mol. The lowest BCUT2D eigenvalue weighted by Crippen LogP contribution is -2.12. The average Bonchev–Trinajstić information content (AvgIpc) is 2.03. The average molecular weight is 180 g/mol. The van der Waals surface area contributed by atoms with E-state index >= 15 is 0 Å². The van der Waals surface area contributed by atoms with Gasteiger partial charge in [-0.05, 0) is 12.1 Å². The van der Waals surface area contributed by atoms with E-state index in [0.29, 0.717) is 5.69 Å². The Balaban J connectivity index is 2.85. The second kappa shape index (κ2) is 3.89. The number of carboxylic acids is 1. The molecule has 4 nitrogen and oxygen atoms in total. The van der Waals surface area contributed by atoms with Gasteiger partial charge >= 0.3 is 5.97 Å². The first-order chi connectivity index (χ1) is 6.09. The Morgan fingerprint density at radius 3 is 2.77 bits per heavy atom. The summed E-state index contributed by atoms with van der Waals surface area (Å²) in [4.78, 5) is 16.4. The van der Waals surface area contributed by atoms with Crippen LogP contribution in [0, 0.1) is 0 Å². The molecule has 13 heavy (non-hydrogen) atoms. The number of anilines is 1. The van der Waals surface area contributed by atoms with E-state index in [-0.39, 0.29) is 6.42 Å². The van der Waals surface area contributed by atoms with Crippen molar-refractivity contribution < 1.29 is 9.90 Å². The van der Waals surface area contributed by atoms with E-state index in [1.807, 2.05) is 25.1 Å². The van der Waals surface area contributed by atoms with Crippen LogP contribution < -0.4 is 4.90 Å². The summed E-state index contributed by atoms with van der Waals surface area (Å²) in [6, 6.07) is 5.35. The second-order valence-corrected chi connectivity index (χ2v) is 2.95. The summed E-state index contributed by atoms with van der Waals surface area (Å²) in [5, 5.41) is 8.54. The lowest BCUT2D eigenvalue weighted by molar-refractivity contribution is -0.136. The molecule has 0 aliphatic carbocycles. The molecule has 0 spiro atoms. The third-order valence-corrected chi connectivity index (χ3v) is 1.58. The van der Waals surface area contributed by atoms with E-state index in [9.17, 15) is 4.79 Å². The van der Waals surface area contributed by atoms with E-state index in [1.54, 1.807) is 12.1 Å². The molecule has 0 atom stereocenters. The highest BCUT2D eigenvalue weighted by Crippen LogP contribution is 2.07. The Morgan fingerprint density at radius 2 is 2.23 bits per heavy atom. The predicted molar refractivity (Wildman–Crippen MR) is 49.9 cm³/mol. The summed E-state index contributed by atoms with van der Waals surface area (Å²) >= 11 is 0. The maximum Gasteiger partial charge on any atom is 0.309 e. The second-order valence-electron chi connectivity index (χ2n) is 2.95. The number of aliphatic carboxylic acids is 1. The molecule has 0 fully saturated rings. The van der Waals surface area contributed by atoms with Crippen molar-refractivity contribution in [2.75, 3.05) is 19.0 Å². The SMILES string of the molecule is CN(C)c1cccc(CC(=O)O)n1. The first-order valence-electron chi connectivity index (χ1n) is 3.94. The number of aromatic nitrogens is 1. The lowest BCUT2D eigenvalue weighted by Gasteiger charge is -2.11. The van der Waals surface area contributed by atoms with Crippen molar-refractivity contribution in [2.24, 2.45) is 0 Å². The Labute approximate surface area is 76.8 Å². The van der Waals surface area contributed by atoms with Crippen LogP contribution in [-0.2, 0) is 11.2 Å². The van der Waals surface area contributed by atoms with E-state index < -0.39 is 5.97 Å². The minimum Gasteiger partial charge on any atom is -0.481 e. The molecular formula is C9H12N2O2. The van der Waals surface area contributed by atoms with Crippen LogP contribution in [0.5, 0.6) is 0 Å². The van der Waals surface area contributed by atoms with Gasteiger partial charge in [0.05, 0.1) is 12.1 Å². The van der Waals surface area contributed by atoms with E-state index in [2.05, 4.69) is 4.98 Å². The van der Waals surface area contributed by atoms with Crippen LogP contribution in [0.1, 0.15) is 5.69 Å². The zero-order valence-corrected chi connectivity index (χ0v) is 7.69. The number of pyridine rings is 1. The summed E-state index contributed by atoms with van der Waals surface area (Å²) in [5.74, 6) is -0.0813. The fourth-order valence-corrected chi connectivity index (χ4v) is 0.969. The van der Waals surface area contributed by atoms with Gasteiger partial charge in [-0.25, -0.2) is 4.98 Å². The molecule has 70 valence electrons. The van der Waals surface area contributed by atoms with Gasteiger partial charge in [0, 0.05) is 14.1 Å². The molecule has 0 aliphatic rings. The van der Waals surface area contributed by atoms with E-state index in [0.717, 1.165) is 5.82 Å². The maximum atomic E-state index is 10.4. The molecule has 0 saturated heterocycles. The molecule has 1 rings (SSSR count). The molecule has 4 heteroatoms. The summed E-state index contributed by atoms with van der Waals surface area (Å²) in [7, 11) is 3.74. The van der Waals surface area contributed by atoms with Gasteiger partial charge < -0.3 is 10.0 Å². The van der Waals surface area contributed by atoms with Gasteiger partial charge in [-0.2, -0.15) is 0 Å². The van der Waals surface area contributed by atoms with Crippen LogP contribution in [-0.4, -0.2) is 30.2 Å². The first kappa shape index (κ1) is 9.51. The highest BCUT2D eigenvalue weighted by molar-refractivity contribution is 5.69. The van der Waals surface area contributed by atoms with Crippen molar-refractivity contribution >= 4 is 11.8 Å². The van der Waals surface area contributed by atoms with Crippen LogP contribution >= 0.6 is 0 Å². The Morgan fingerprint density at radius 1 is 1.54 bits per heavy atom. The fraction of sp³-hybridized carbons (Fsp3) is 0.333. The summed E-state index contributed by atoms with van der Waals surface area (Å²) < 4.78 is 0. The van der Waals surface area contributed by atoms with Crippen molar-refractivity contribution in [3.63, 3.8) is 0 Å². The monoisotopic (exact) mass is 180 g/mol. The maximum absolute atomic E-state index is 10.4. The van der Waals surface area contributed by atoms with Gasteiger partial charge in [-0.3, -0.25) is 4.79 Å². The molecule has 0 aliphatic heterocycles. The molecule has 1 heterocycles. The minimum atomic E-state index is -0.858. The molecule has 0 radical (unpaired) electrons. The van der Waals surface area contributed by atoms with Gasteiger partial charge in [0.25, 0.3) is 0 Å². The summed E-state index contributed by atoms with van der Waals surface area (Å²) in [5.41, 5.74) is 0.582. The Hall–Kier alpha value is -1.58. The van der Waals surface area contributed by atoms with Crippen LogP contribution in [0.3, 0.4) is 0 Å². The Kier molecular flexibility index (Phi) is 2.84. The largest absolute Gasteiger partial charge is 0.481 e. The van der Waals surface area contributed by atoms with Gasteiger partial charge in [-0.1, -0.05) is 6.07 Å². The highest BCUT2D eigenvalue weighted by Gasteiger charge is 2.03. The van der Waals surface area contributed by atoms with Crippen molar-refractivity contribution in [3.8, 4) is 0 Å². The number of hydrogen-bond acceptors (Lipinski definition) is 3. The summed E-state index contributed by atoms with van der Waals surface area (Å²) in [6.45, 7) is 0. The molecule has 0 unspecified atom stereocenters. The van der Waals surface area contributed by atoms with Crippen molar-refractivity contribution in [2.45, 2.75) is 6.42 Å². The first-order valence-corrected chi connectivity index (χ1v) is 3.94. The minimum absolute atomic E-state index is 0.0261. The molecule has 0 amide bonds. The Bertz CT molecular complexity index is 310. The van der Waals surface area contributed by atoms with Crippen molar-refractivity contribution in [1.82, 2.24) is 4.98 Å². The summed E-state index contributed by atoms with van der Waals surface area (Å²) in [6.07, 6.45) is -0.0261. The molecule has 0 saturated carbocycles. The zero-order chi connectivity index (χ0) is 9.84. The fourth-order valence-electron chi connectivity index (χ4n) is 0.969. The van der Waals surface area contributed by atoms with Gasteiger partial charge in [0.15, 0.2) is 0 Å². The number of carbonyl (C=O) groups is 1. The molecule has 1 aromatic rings. The van der Waals surface area contributed by atoms with Crippen LogP contribution in [0.15, 0.2) is 18.2 Å². The number of nitrogens with zero attached hydrogens (tertiary/aromatic N) is 2. The zero-order valence-electron chi connectivity index (χ0n) is 7.69.